The summed E-state index contributed by atoms with van der Waals surface area (Å²) in [4.78, 5) is 0. The Balaban J connectivity index is 2.29. The van der Waals surface area contributed by atoms with E-state index in [1.165, 1.54) is 6.07 Å². The van der Waals surface area contributed by atoms with Gasteiger partial charge >= 0.3 is 0 Å². The standard InChI is InChI=1S/C18H14FN/c1-18(2)13-8-3-6-12-7-5-11-20(17(12)13)15-10-4-9-14(19)16(15)18/h3-10H,1-2H3. The molecule has 98 valence electrons. The number of hydrogen-bond donors (Lipinski definition) is 0. The van der Waals surface area contributed by atoms with Crippen molar-refractivity contribution in [1.82, 2.24) is 0 Å². The van der Waals surface area contributed by atoms with E-state index in [1.807, 2.05) is 22.8 Å². The highest BCUT2D eigenvalue weighted by Gasteiger charge is 2.36. The summed E-state index contributed by atoms with van der Waals surface area (Å²) in [5.41, 5.74) is 3.55. The van der Waals surface area contributed by atoms with Gasteiger partial charge in [0.05, 0.1) is 0 Å². The van der Waals surface area contributed by atoms with Crippen LogP contribution in [0.1, 0.15) is 25.0 Å². The van der Waals surface area contributed by atoms with Crippen LogP contribution in [-0.2, 0) is 5.41 Å². The van der Waals surface area contributed by atoms with Gasteiger partial charge in [0.15, 0.2) is 6.20 Å². The Morgan fingerprint density at radius 3 is 2.70 bits per heavy atom. The molecule has 2 aromatic carbocycles. The molecule has 0 spiro atoms. The van der Waals surface area contributed by atoms with E-state index in [0.717, 1.165) is 27.7 Å². The van der Waals surface area contributed by atoms with E-state index >= 15 is 0 Å². The molecule has 0 saturated carbocycles. The van der Waals surface area contributed by atoms with E-state index in [9.17, 15) is 4.39 Å². The third-order valence-electron chi connectivity index (χ3n) is 4.29. The molecule has 0 bridgehead atoms. The van der Waals surface area contributed by atoms with Crippen molar-refractivity contribution in [1.29, 1.82) is 0 Å². The van der Waals surface area contributed by atoms with Crippen LogP contribution in [0.3, 0.4) is 0 Å². The van der Waals surface area contributed by atoms with Gasteiger partial charge in [-0.2, -0.15) is 0 Å². The first-order valence-electron chi connectivity index (χ1n) is 6.76. The molecule has 2 heteroatoms. The van der Waals surface area contributed by atoms with Crippen LogP contribution in [0.15, 0.2) is 48.5 Å². The normalized spacial score (nSPS) is 15.2. The molecular formula is C18H14FN. The molecule has 2 heterocycles. The van der Waals surface area contributed by atoms with Crippen molar-refractivity contribution in [3.05, 3.63) is 71.7 Å². The first-order valence-corrected chi connectivity index (χ1v) is 6.76. The number of hydrogen-bond acceptors (Lipinski definition) is 0. The minimum absolute atomic E-state index is 0.153. The number of benzene rings is 2. The predicted octanol–water partition coefficient (Wildman–Crippen LogP) is 3.70. The zero-order chi connectivity index (χ0) is 13.9. The summed E-state index contributed by atoms with van der Waals surface area (Å²) in [6, 6.07) is 15.4. The van der Waals surface area contributed by atoms with Crippen molar-refractivity contribution >= 4 is 10.9 Å². The molecule has 0 atom stereocenters. The van der Waals surface area contributed by atoms with Gasteiger partial charge in [0.25, 0.3) is 0 Å². The van der Waals surface area contributed by atoms with Gasteiger partial charge in [0.2, 0.25) is 0 Å². The molecule has 1 aliphatic heterocycles. The van der Waals surface area contributed by atoms with Crippen LogP contribution in [0.25, 0.3) is 16.6 Å². The number of halogens is 1. The summed E-state index contributed by atoms with van der Waals surface area (Å²) in [6.45, 7) is 4.17. The topological polar surface area (TPSA) is 3.88 Å². The Morgan fingerprint density at radius 1 is 1.05 bits per heavy atom. The van der Waals surface area contributed by atoms with Crippen LogP contribution < -0.4 is 4.57 Å². The Hall–Kier alpha value is -2.22. The predicted molar refractivity (Wildman–Crippen MR) is 76.4 cm³/mol. The van der Waals surface area contributed by atoms with Gasteiger partial charge in [-0.25, -0.2) is 4.39 Å². The summed E-state index contributed by atoms with van der Waals surface area (Å²) in [7, 11) is 0. The van der Waals surface area contributed by atoms with Crippen LogP contribution in [0, 0.1) is 12.0 Å². The molecular weight excluding hydrogens is 249 g/mol. The van der Waals surface area contributed by atoms with Crippen LogP contribution in [0.4, 0.5) is 4.39 Å². The highest BCUT2D eigenvalue weighted by molar-refractivity contribution is 5.82. The highest BCUT2D eigenvalue weighted by Crippen LogP contribution is 2.41. The maximum atomic E-state index is 14.4. The lowest BCUT2D eigenvalue weighted by molar-refractivity contribution is -0.574. The second kappa shape index (κ2) is 3.66. The molecule has 0 amide bonds. The molecule has 1 aliphatic rings. The Labute approximate surface area is 117 Å². The number of pyridine rings is 1. The van der Waals surface area contributed by atoms with Gasteiger partial charge in [0.1, 0.15) is 17.0 Å². The lowest BCUT2D eigenvalue weighted by Crippen LogP contribution is -2.42. The third-order valence-corrected chi connectivity index (χ3v) is 4.29. The number of fused-ring (bicyclic) bond motifs is 2. The molecule has 20 heavy (non-hydrogen) atoms. The molecule has 0 aliphatic carbocycles. The molecule has 0 unspecified atom stereocenters. The van der Waals surface area contributed by atoms with Gasteiger partial charge in [0, 0.05) is 11.0 Å². The lowest BCUT2D eigenvalue weighted by Gasteiger charge is -2.34. The molecule has 1 aromatic heterocycles. The molecule has 0 fully saturated rings. The monoisotopic (exact) mass is 263 g/mol. The number of rotatable bonds is 0. The van der Waals surface area contributed by atoms with E-state index in [2.05, 4.69) is 38.2 Å². The fourth-order valence-electron chi connectivity index (χ4n) is 3.36. The lowest BCUT2D eigenvalue weighted by atomic mass is 9.74. The van der Waals surface area contributed by atoms with Gasteiger partial charge in [-0.1, -0.05) is 44.2 Å². The van der Waals surface area contributed by atoms with Crippen LogP contribution in [0.2, 0.25) is 0 Å². The van der Waals surface area contributed by atoms with E-state index in [-0.39, 0.29) is 11.2 Å². The van der Waals surface area contributed by atoms with Gasteiger partial charge in [-0.15, -0.1) is 6.07 Å². The molecule has 0 N–H and O–H groups in total. The number of nitrogens with zero attached hydrogens (tertiary/aromatic N) is 1. The summed E-state index contributed by atoms with van der Waals surface area (Å²) in [5, 5.41) is 1.16. The number of para-hydroxylation sites is 1. The van der Waals surface area contributed by atoms with Crippen molar-refractivity contribution < 1.29 is 8.96 Å². The minimum Gasteiger partial charge on any atom is -0.278 e. The minimum atomic E-state index is -0.352. The molecule has 3 aromatic rings. The molecule has 1 nitrogen and oxygen atoms in total. The Kier molecular flexibility index (Phi) is 2.12. The quantitative estimate of drug-likeness (QED) is 0.430. The van der Waals surface area contributed by atoms with Crippen molar-refractivity contribution in [2.24, 2.45) is 0 Å². The zero-order valence-electron chi connectivity index (χ0n) is 11.4. The third kappa shape index (κ3) is 1.29. The van der Waals surface area contributed by atoms with Crippen molar-refractivity contribution in [2.45, 2.75) is 19.3 Å². The summed E-state index contributed by atoms with van der Waals surface area (Å²) in [6.07, 6.45) is 3.22. The molecule has 0 radical (unpaired) electrons. The van der Waals surface area contributed by atoms with E-state index in [0.29, 0.717) is 0 Å². The van der Waals surface area contributed by atoms with E-state index in [4.69, 9.17) is 0 Å². The van der Waals surface area contributed by atoms with Crippen LogP contribution >= 0.6 is 0 Å². The van der Waals surface area contributed by atoms with Crippen LogP contribution in [-0.4, -0.2) is 0 Å². The van der Waals surface area contributed by atoms with Gasteiger partial charge in [-0.05, 0) is 23.1 Å². The number of aromatic nitrogens is 1. The Bertz CT molecular complexity index is 844. The second-order valence-corrected chi connectivity index (χ2v) is 5.80. The van der Waals surface area contributed by atoms with Crippen LogP contribution in [0.5, 0.6) is 0 Å². The van der Waals surface area contributed by atoms with Gasteiger partial charge < -0.3 is 0 Å². The SMILES string of the molecule is CC1(C)c2c(F)cccc2-[n+]2[c-]ccc3cccc1c32. The van der Waals surface area contributed by atoms with E-state index in [1.54, 1.807) is 6.07 Å². The zero-order valence-corrected chi connectivity index (χ0v) is 11.4. The van der Waals surface area contributed by atoms with Crippen molar-refractivity contribution in [2.75, 3.05) is 0 Å². The molecule has 4 rings (SSSR count). The average molecular weight is 263 g/mol. The first kappa shape index (κ1) is 11.6. The fourth-order valence-corrected chi connectivity index (χ4v) is 3.36. The highest BCUT2D eigenvalue weighted by atomic mass is 19.1. The summed E-state index contributed by atoms with van der Waals surface area (Å²) < 4.78 is 16.4. The van der Waals surface area contributed by atoms with Crippen molar-refractivity contribution in [3.63, 3.8) is 0 Å². The first-order chi connectivity index (χ1) is 9.60. The fraction of sp³-hybridized carbons (Fsp3) is 0.167. The summed E-state index contributed by atoms with van der Waals surface area (Å²) >= 11 is 0. The van der Waals surface area contributed by atoms with Gasteiger partial charge in [-0.3, -0.25) is 4.57 Å². The largest absolute Gasteiger partial charge is 0.278 e. The average Bonchev–Trinajstić information content (AvgIpc) is 2.44. The maximum absolute atomic E-state index is 14.4. The summed E-state index contributed by atoms with van der Waals surface area (Å²) in [5.74, 6) is -0.153. The second-order valence-electron chi connectivity index (χ2n) is 5.80. The Morgan fingerprint density at radius 2 is 1.85 bits per heavy atom. The maximum Gasteiger partial charge on any atom is 0.152 e. The van der Waals surface area contributed by atoms with E-state index < -0.39 is 0 Å². The molecule has 0 saturated heterocycles. The smallest absolute Gasteiger partial charge is 0.152 e. The van der Waals surface area contributed by atoms with Crippen molar-refractivity contribution in [3.8, 4) is 5.69 Å².